The quantitative estimate of drug-likeness (QED) is 0.475. The number of benzene rings is 2. The van der Waals surface area contributed by atoms with Crippen LogP contribution in [0.25, 0.3) is 0 Å². The maximum absolute atomic E-state index is 5.98. The SMILES string of the molecule is CCNC(=NCc1ccccc1CN(C)C)NCC(C)Oc1cccc(OC)c1. The van der Waals surface area contributed by atoms with E-state index in [2.05, 4.69) is 60.8 Å². The molecule has 0 aliphatic heterocycles. The van der Waals surface area contributed by atoms with Crippen LogP contribution < -0.4 is 20.1 Å². The van der Waals surface area contributed by atoms with Crippen LogP contribution in [0.4, 0.5) is 0 Å². The Bertz CT molecular complexity index is 777. The normalized spacial score (nSPS) is 12.6. The van der Waals surface area contributed by atoms with Gasteiger partial charge in [0.15, 0.2) is 5.96 Å². The fourth-order valence-electron chi connectivity index (χ4n) is 2.90. The van der Waals surface area contributed by atoms with E-state index in [4.69, 9.17) is 14.5 Å². The molecule has 0 aliphatic carbocycles. The van der Waals surface area contributed by atoms with Crippen molar-refractivity contribution in [3.63, 3.8) is 0 Å². The largest absolute Gasteiger partial charge is 0.497 e. The lowest BCUT2D eigenvalue weighted by Crippen LogP contribution is -2.41. The molecule has 6 heteroatoms. The van der Waals surface area contributed by atoms with Crippen LogP contribution in [0.15, 0.2) is 53.5 Å². The first kappa shape index (κ1) is 22.6. The highest BCUT2D eigenvalue weighted by Gasteiger charge is 2.08. The number of hydrogen-bond donors (Lipinski definition) is 2. The van der Waals surface area contributed by atoms with Crippen LogP contribution in [0, 0.1) is 0 Å². The van der Waals surface area contributed by atoms with Gasteiger partial charge in [-0.05, 0) is 51.2 Å². The maximum Gasteiger partial charge on any atom is 0.191 e. The van der Waals surface area contributed by atoms with Crippen molar-refractivity contribution in [1.29, 1.82) is 0 Å². The van der Waals surface area contributed by atoms with Crippen LogP contribution in [0.1, 0.15) is 25.0 Å². The molecule has 2 aromatic rings. The summed E-state index contributed by atoms with van der Waals surface area (Å²) in [5.74, 6) is 2.36. The van der Waals surface area contributed by atoms with Crippen molar-refractivity contribution in [3.8, 4) is 11.5 Å². The third-order valence-corrected chi connectivity index (χ3v) is 4.29. The van der Waals surface area contributed by atoms with Gasteiger partial charge in [0.25, 0.3) is 0 Å². The van der Waals surface area contributed by atoms with Gasteiger partial charge in [0, 0.05) is 19.2 Å². The van der Waals surface area contributed by atoms with Crippen LogP contribution in [-0.2, 0) is 13.1 Å². The Morgan fingerprint density at radius 1 is 1.03 bits per heavy atom. The van der Waals surface area contributed by atoms with Gasteiger partial charge < -0.3 is 25.0 Å². The monoisotopic (exact) mass is 398 g/mol. The van der Waals surface area contributed by atoms with Gasteiger partial charge in [-0.15, -0.1) is 0 Å². The van der Waals surface area contributed by atoms with E-state index in [9.17, 15) is 0 Å². The highest BCUT2D eigenvalue weighted by Crippen LogP contribution is 2.19. The van der Waals surface area contributed by atoms with E-state index in [1.807, 2.05) is 31.2 Å². The first-order valence-electron chi connectivity index (χ1n) is 10.1. The van der Waals surface area contributed by atoms with Gasteiger partial charge in [-0.2, -0.15) is 0 Å². The zero-order valence-corrected chi connectivity index (χ0v) is 18.2. The lowest BCUT2D eigenvalue weighted by molar-refractivity contribution is 0.223. The van der Waals surface area contributed by atoms with E-state index in [0.717, 1.165) is 30.5 Å². The van der Waals surface area contributed by atoms with Gasteiger partial charge in [-0.25, -0.2) is 4.99 Å². The lowest BCUT2D eigenvalue weighted by Gasteiger charge is -2.18. The number of nitrogens with zero attached hydrogens (tertiary/aromatic N) is 2. The van der Waals surface area contributed by atoms with Gasteiger partial charge in [0.1, 0.15) is 17.6 Å². The second-order valence-electron chi connectivity index (χ2n) is 7.19. The summed E-state index contributed by atoms with van der Waals surface area (Å²) in [4.78, 5) is 6.93. The number of hydrogen-bond acceptors (Lipinski definition) is 4. The molecule has 2 rings (SSSR count). The van der Waals surface area contributed by atoms with E-state index in [1.165, 1.54) is 11.1 Å². The van der Waals surface area contributed by atoms with E-state index in [-0.39, 0.29) is 6.10 Å². The van der Waals surface area contributed by atoms with Crippen molar-refractivity contribution in [3.05, 3.63) is 59.7 Å². The van der Waals surface area contributed by atoms with Crippen molar-refractivity contribution >= 4 is 5.96 Å². The molecule has 0 radical (unpaired) electrons. The number of methoxy groups -OCH3 is 1. The minimum atomic E-state index is -0.0213. The van der Waals surface area contributed by atoms with Gasteiger partial charge >= 0.3 is 0 Å². The lowest BCUT2D eigenvalue weighted by atomic mass is 10.1. The summed E-state index contributed by atoms with van der Waals surface area (Å²) in [7, 11) is 5.81. The molecule has 1 atom stereocenters. The van der Waals surface area contributed by atoms with Gasteiger partial charge in [0.2, 0.25) is 0 Å². The molecule has 0 bridgehead atoms. The van der Waals surface area contributed by atoms with E-state index in [1.54, 1.807) is 7.11 Å². The Morgan fingerprint density at radius 3 is 2.45 bits per heavy atom. The average molecular weight is 399 g/mol. The molecular weight excluding hydrogens is 364 g/mol. The van der Waals surface area contributed by atoms with E-state index >= 15 is 0 Å². The molecule has 1 unspecified atom stereocenters. The number of nitrogens with one attached hydrogen (secondary N) is 2. The molecule has 0 aliphatic rings. The van der Waals surface area contributed by atoms with Crippen molar-refractivity contribution in [2.75, 3.05) is 34.3 Å². The predicted octanol–water partition coefficient (Wildman–Crippen LogP) is 3.28. The minimum Gasteiger partial charge on any atom is -0.497 e. The number of ether oxygens (including phenoxy) is 2. The molecule has 0 spiro atoms. The van der Waals surface area contributed by atoms with Gasteiger partial charge in [-0.3, -0.25) is 0 Å². The molecule has 0 aromatic heterocycles. The summed E-state index contributed by atoms with van der Waals surface area (Å²) < 4.78 is 11.2. The number of aliphatic imine (C=N–C) groups is 1. The van der Waals surface area contributed by atoms with Crippen molar-refractivity contribution in [2.24, 2.45) is 4.99 Å². The fraction of sp³-hybridized carbons (Fsp3) is 0.435. The van der Waals surface area contributed by atoms with Crippen molar-refractivity contribution in [2.45, 2.75) is 33.0 Å². The molecular formula is C23H34N4O2. The number of rotatable bonds is 10. The highest BCUT2D eigenvalue weighted by molar-refractivity contribution is 5.79. The molecule has 0 amide bonds. The van der Waals surface area contributed by atoms with Crippen LogP contribution >= 0.6 is 0 Å². The second kappa shape index (κ2) is 12.0. The van der Waals surface area contributed by atoms with E-state index < -0.39 is 0 Å². The molecule has 2 N–H and O–H groups in total. The molecule has 0 saturated carbocycles. The summed E-state index contributed by atoms with van der Waals surface area (Å²) in [5.41, 5.74) is 2.53. The molecule has 6 nitrogen and oxygen atoms in total. The second-order valence-corrected chi connectivity index (χ2v) is 7.19. The molecule has 2 aromatic carbocycles. The molecule has 158 valence electrons. The predicted molar refractivity (Wildman–Crippen MR) is 120 cm³/mol. The molecule has 0 fully saturated rings. The van der Waals surface area contributed by atoms with Crippen LogP contribution in [0.3, 0.4) is 0 Å². The summed E-state index contributed by atoms with van der Waals surface area (Å²) in [6.07, 6.45) is -0.0213. The van der Waals surface area contributed by atoms with Gasteiger partial charge in [0.05, 0.1) is 20.2 Å². The molecule has 29 heavy (non-hydrogen) atoms. The Kier molecular flexibility index (Phi) is 9.31. The Labute approximate surface area is 174 Å². The Balaban J connectivity index is 1.95. The smallest absolute Gasteiger partial charge is 0.191 e. The highest BCUT2D eigenvalue weighted by atomic mass is 16.5. The van der Waals surface area contributed by atoms with E-state index in [0.29, 0.717) is 13.1 Å². The maximum atomic E-state index is 5.98. The minimum absolute atomic E-state index is 0.0213. The van der Waals surface area contributed by atoms with Crippen LogP contribution in [0.2, 0.25) is 0 Å². The first-order valence-corrected chi connectivity index (χ1v) is 10.1. The zero-order valence-electron chi connectivity index (χ0n) is 18.2. The number of guanidine groups is 1. The summed E-state index contributed by atoms with van der Waals surface area (Å²) in [5, 5.41) is 6.68. The summed E-state index contributed by atoms with van der Waals surface area (Å²) in [6, 6.07) is 16.1. The van der Waals surface area contributed by atoms with Crippen LogP contribution in [-0.4, -0.2) is 51.3 Å². The Morgan fingerprint density at radius 2 is 1.76 bits per heavy atom. The Hall–Kier alpha value is -2.73. The fourth-order valence-corrected chi connectivity index (χ4v) is 2.90. The average Bonchev–Trinajstić information content (AvgIpc) is 2.70. The van der Waals surface area contributed by atoms with Crippen molar-refractivity contribution < 1.29 is 9.47 Å². The zero-order chi connectivity index (χ0) is 21.1. The summed E-state index contributed by atoms with van der Waals surface area (Å²) >= 11 is 0. The molecule has 0 heterocycles. The third kappa shape index (κ3) is 8.03. The standard InChI is InChI=1S/C23H34N4O2/c1-6-24-23(26-16-19-10-7-8-11-20(19)17-27(3)4)25-15-18(2)29-22-13-9-12-21(14-22)28-5/h7-14,18H,6,15-17H2,1-5H3,(H2,24,25,26). The van der Waals surface area contributed by atoms with Crippen molar-refractivity contribution in [1.82, 2.24) is 15.5 Å². The first-order chi connectivity index (χ1) is 14.0. The molecule has 0 saturated heterocycles. The third-order valence-electron chi connectivity index (χ3n) is 4.29. The van der Waals surface area contributed by atoms with Crippen LogP contribution in [0.5, 0.6) is 11.5 Å². The topological polar surface area (TPSA) is 58.1 Å². The van der Waals surface area contributed by atoms with Gasteiger partial charge in [-0.1, -0.05) is 30.3 Å². The summed E-state index contributed by atoms with van der Waals surface area (Å²) in [6.45, 7) is 7.07.